The maximum atomic E-state index is 13.4. The van der Waals surface area contributed by atoms with Crippen molar-refractivity contribution in [1.29, 1.82) is 0 Å². The number of hydrogen-bond acceptors (Lipinski definition) is 5. The summed E-state index contributed by atoms with van der Waals surface area (Å²) in [7, 11) is 0. The third-order valence-corrected chi connectivity index (χ3v) is 6.68. The van der Waals surface area contributed by atoms with E-state index in [1.807, 2.05) is 78.1 Å². The number of carbonyl (C=O) groups excluding carboxylic acids is 1. The van der Waals surface area contributed by atoms with Gasteiger partial charge < -0.3 is 5.32 Å². The molecule has 2 heterocycles. The lowest BCUT2D eigenvalue weighted by molar-refractivity contribution is -0.113. The summed E-state index contributed by atoms with van der Waals surface area (Å²) in [6, 6.07) is 22.9. The molecule has 3 aromatic carbocycles. The van der Waals surface area contributed by atoms with Crippen molar-refractivity contribution in [2.45, 2.75) is 25.4 Å². The number of rotatable bonds is 6. The first-order valence-electron chi connectivity index (χ1n) is 11.0. The van der Waals surface area contributed by atoms with E-state index in [2.05, 4.69) is 22.4 Å². The zero-order chi connectivity index (χ0) is 23.7. The molecule has 0 bridgehead atoms. The van der Waals surface area contributed by atoms with Crippen LogP contribution in [0.2, 0.25) is 0 Å². The molecule has 34 heavy (non-hydrogen) atoms. The van der Waals surface area contributed by atoms with Crippen LogP contribution in [0.25, 0.3) is 22.4 Å². The van der Waals surface area contributed by atoms with Crippen molar-refractivity contribution in [2.24, 2.45) is 0 Å². The van der Waals surface area contributed by atoms with Crippen LogP contribution in [0.5, 0.6) is 0 Å². The minimum atomic E-state index is -0.159. The van der Waals surface area contributed by atoms with Gasteiger partial charge in [0.1, 0.15) is 0 Å². The third-order valence-electron chi connectivity index (χ3n) is 5.75. The highest BCUT2D eigenvalue weighted by atomic mass is 32.2. The highest BCUT2D eigenvalue weighted by Crippen LogP contribution is 2.24. The Bertz CT molecular complexity index is 1570. The molecule has 170 valence electrons. The third kappa shape index (κ3) is 3.97. The summed E-state index contributed by atoms with van der Waals surface area (Å²) in [6.45, 7) is 4.04. The lowest BCUT2D eigenvalue weighted by atomic mass is 10.1. The fourth-order valence-electron chi connectivity index (χ4n) is 3.92. The first-order valence-corrected chi connectivity index (χ1v) is 12.0. The first kappa shape index (κ1) is 21.9. The van der Waals surface area contributed by atoms with Crippen molar-refractivity contribution in [1.82, 2.24) is 19.2 Å². The number of carbonyl (C=O) groups is 1. The van der Waals surface area contributed by atoms with E-state index in [1.54, 1.807) is 10.6 Å². The Labute approximate surface area is 200 Å². The quantitative estimate of drug-likeness (QED) is 0.367. The molecule has 2 aromatic heterocycles. The molecule has 0 aliphatic heterocycles. The van der Waals surface area contributed by atoms with E-state index < -0.39 is 0 Å². The van der Waals surface area contributed by atoms with E-state index in [-0.39, 0.29) is 17.2 Å². The Morgan fingerprint density at radius 2 is 1.71 bits per heavy atom. The number of para-hydroxylation sites is 2. The second-order valence-electron chi connectivity index (χ2n) is 7.95. The number of aryl methyl sites for hydroxylation is 2. The van der Waals surface area contributed by atoms with Crippen LogP contribution in [0.4, 0.5) is 5.69 Å². The smallest absolute Gasteiger partial charge is 0.267 e. The van der Waals surface area contributed by atoms with Crippen LogP contribution in [0, 0.1) is 6.92 Å². The van der Waals surface area contributed by atoms with Gasteiger partial charge in [-0.05, 0) is 54.8 Å². The molecule has 0 saturated heterocycles. The van der Waals surface area contributed by atoms with Gasteiger partial charge in [0.15, 0.2) is 5.16 Å². The number of hydrogen-bond donors (Lipinski definition) is 1. The summed E-state index contributed by atoms with van der Waals surface area (Å²) in [5.74, 6) is 0.437. The van der Waals surface area contributed by atoms with Crippen LogP contribution in [-0.4, -0.2) is 30.8 Å². The first-order chi connectivity index (χ1) is 16.6. The van der Waals surface area contributed by atoms with Crippen LogP contribution < -0.4 is 10.9 Å². The van der Waals surface area contributed by atoms with E-state index in [1.165, 1.54) is 17.3 Å². The molecule has 1 amide bonds. The Kier molecular flexibility index (Phi) is 5.90. The molecule has 1 N–H and O–H groups in total. The van der Waals surface area contributed by atoms with Crippen LogP contribution >= 0.6 is 11.8 Å². The Morgan fingerprint density at radius 3 is 2.47 bits per heavy atom. The zero-order valence-electron chi connectivity index (χ0n) is 18.9. The highest BCUT2D eigenvalue weighted by Gasteiger charge is 2.18. The van der Waals surface area contributed by atoms with Crippen molar-refractivity contribution in [2.75, 3.05) is 11.1 Å². The number of anilines is 1. The standard InChI is InChI=1S/C26H23N5O2S/c1-3-18-12-14-19(15-13-18)30-24(33)20-9-5-7-11-22(20)31-25(30)28-29-26(31)34-16-23(32)27-21-10-6-4-8-17(21)2/h4-15H,3,16H2,1-2H3,(H,27,32). The molecule has 0 fully saturated rings. The van der Waals surface area contributed by atoms with E-state index in [9.17, 15) is 9.59 Å². The number of amides is 1. The van der Waals surface area contributed by atoms with Gasteiger partial charge in [-0.1, -0.05) is 61.2 Å². The van der Waals surface area contributed by atoms with Gasteiger partial charge in [-0.3, -0.25) is 14.0 Å². The molecule has 8 heteroatoms. The summed E-state index contributed by atoms with van der Waals surface area (Å²) < 4.78 is 3.42. The summed E-state index contributed by atoms with van der Waals surface area (Å²) in [6.07, 6.45) is 0.915. The molecule has 0 aliphatic carbocycles. The van der Waals surface area contributed by atoms with E-state index >= 15 is 0 Å². The van der Waals surface area contributed by atoms with Gasteiger partial charge in [-0.15, -0.1) is 10.2 Å². The van der Waals surface area contributed by atoms with Crippen LogP contribution in [-0.2, 0) is 11.2 Å². The van der Waals surface area contributed by atoms with Crippen molar-refractivity contribution >= 4 is 40.0 Å². The normalized spacial score (nSPS) is 11.2. The SMILES string of the molecule is CCc1ccc(-n2c(=O)c3ccccc3n3c(SCC(=O)Nc4ccccc4C)nnc23)cc1. The Balaban J connectivity index is 1.55. The topological polar surface area (TPSA) is 81.3 Å². The number of nitrogens with one attached hydrogen (secondary N) is 1. The Hall–Kier alpha value is -3.91. The number of benzene rings is 3. The Morgan fingerprint density at radius 1 is 0.971 bits per heavy atom. The summed E-state index contributed by atoms with van der Waals surface area (Å²) in [5.41, 5.74) is 4.24. The van der Waals surface area contributed by atoms with Crippen molar-refractivity contribution in [3.63, 3.8) is 0 Å². The fraction of sp³-hybridized carbons (Fsp3) is 0.154. The molecule has 0 spiro atoms. The molecule has 0 aliphatic rings. The van der Waals surface area contributed by atoms with Gasteiger partial charge in [0.2, 0.25) is 11.7 Å². The van der Waals surface area contributed by atoms with Gasteiger partial charge in [-0.2, -0.15) is 0 Å². The van der Waals surface area contributed by atoms with Crippen molar-refractivity contribution < 1.29 is 4.79 Å². The van der Waals surface area contributed by atoms with Crippen molar-refractivity contribution in [3.8, 4) is 5.69 Å². The molecule has 0 saturated carbocycles. The van der Waals surface area contributed by atoms with Gasteiger partial charge in [-0.25, -0.2) is 4.57 Å². The van der Waals surface area contributed by atoms with Gasteiger partial charge in [0, 0.05) is 5.69 Å². The maximum Gasteiger partial charge on any atom is 0.267 e. The van der Waals surface area contributed by atoms with E-state index in [0.29, 0.717) is 21.8 Å². The predicted octanol–water partition coefficient (Wildman–Crippen LogP) is 4.64. The average molecular weight is 470 g/mol. The largest absolute Gasteiger partial charge is 0.325 e. The molecule has 0 radical (unpaired) electrons. The van der Waals surface area contributed by atoms with Gasteiger partial charge in [0.05, 0.1) is 22.3 Å². The average Bonchev–Trinajstić information content (AvgIpc) is 3.28. The summed E-state index contributed by atoms with van der Waals surface area (Å²) in [5, 5.41) is 12.7. The number of nitrogens with zero attached hydrogens (tertiary/aromatic N) is 4. The molecule has 7 nitrogen and oxygen atoms in total. The summed E-state index contributed by atoms with van der Waals surface area (Å²) in [4.78, 5) is 26.0. The molecular weight excluding hydrogens is 446 g/mol. The molecule has 0 atom stereocenters. The summed E-state index contributed by atoms with van der Waals surface area (Å²) >= 11 is 1.28. The van der Waals surface area contributed by atoms with Crippen LogP contribution in [0.1, 0.15) is 18.1 Å². The van der Waals surface area contributed by atoms with Crippen molar-refractivity contribution in [3.05, 3.63) is 94.3 Å². The molecular formula is C26H23N5O2S. The maximum absolute atomic E-state index is 13.4. The second-order valence-corrected chi connectivity index (χ2v) is 8.89. The monoisotopic (exact) mass is 469 g/mol. The minimum Gasteiger partial charge on any atom is -0.325 e. The van der Waals surface area contributed by atoms with Gasteiger partial charge >= 0.3 is 0 Å². The van der Waals surface area contributed by atoms with Crippen LogP contribution in [0.3, 0.4) is 0 Å². The lowest BCUT2D eigenvalue weighted by Gasteiger charge is -2.12. The molecule has 5 aromatic rings. The fourth-order valence-corrected chi connectivity index (χ4v) is 4.66. The molecule has 0 unspecified atom stereocenters. The predicted molar refractivity (Wildman–Crippen MR) is 136 cm³/mol. The number of fused-ring (bicyclic) bond motifs is 3. The van der Waals surface area contributed by atoms with Gasteiger partial charge in [0.25, 0.3) is 5.56 Å². The number of aromatic nitrogens is 4. The highest BCUT2D eigenvalue weighted by molar-refractivity contribution is 7.99. The van der Waals surface area contributed by atoms with E-state index in [0.717, 1.165) is 23.4 Å². The zero-order valence-corrected chi connectivity index (χ0v) is 19.7. The van der Waals surface area contributed by atoms with Crippen LogP contribution in [0.15, 0.2) is 82.7 Å². The number of thioether (sulfide) groups is 1. The lowest BCUT2D eigenvalue weighted by Crippen LogP contribution is -2.22. The molecule has 5 rings (SSSR count). The van der Waals surface area contributed by atoms with E-state index in [4.69, 9.17) is 0 Å². The second kappa shape index (κ2) is 9.15. The minimum absolute atomic E-state index is 0.135.